The first-order valence-electron chi connectivity index (χ1n) is 7.18. The topological polar surface area (TPSA) is 67.0 Å². The summed E-state index contributed by atoms with van der Waals surface area (Å²) in [5, 5.41) is 2.90. The standard InChI is InChI=1S/C16H21N3O2/c1-12(2)21-14-7-5-13(6-8-14)16(20)19-9-3-4-15-17-10-11-18-15/h5-8,10-12H,3-4,9H2,1-2H3,(H,17,18)(H,19,20). The number of hydrogen-bond donors (Lipinski definition) is 2. The molecule has 1 aromatic carbocycles. The largest absolute Gasteiger partial charge is 0.491 e. The third-order valence-electron chi connectivity index (χ3n) is 2.92. The zero-order valence-corrected chi connectivity index (χ0v) is 12.4. The number of imidazole rings is 1. The van der Waals surface area contributed by atoms with Crippen LogP contribution in [0.2, 0.25) is 0 Å². The van der Waals surface area contributed by atoms with E-state index in [-0.39, 0.29) is 12.0 Å². The predicted molar refractivity (Wildman–Crippen MR) is 81.4 cm³/mol. The zero-order valence-electron chi connectivity index (χ0n) is 12.4. The first kappa shape index (κ1) is 15.1. The van der Waals surface area contributed by atoms with Crippen LogP contribution in [-0.4, -0.2) is 28.5 Å². The lowest BCUT2D eigenvalue weighted by Gasteiger charge is -2.10. The Hall–Kier alpha value is -2.30. The molecule has 5 nitrogen and oxygen atoms in total. The first-order valence-corrected chi connectivity index (χ1v) is 7.18. The van der Waals surface area contributed by atoms with Crippen LogP contribution in [0, 0.1) is 0 Å². The summed E-state index contributed by atoms with van der Waals surface area (Å²) in [4.78, 5) is 19.1. The van der Waals surface area contributed by atoms with Crippen LogP contribution in [0.1, 0.15) is 36.5 Å². The fourth-order valence-corrected chi connectivity index (χ4v) is 1.95. The Morgan fingerprint density at radius 2 is 2.10 bits per heavy atom. The third kappa shape index (κ3) is 4.95. The Morgan fingerprint density at radius 3 is 2.71 bits per heavy atom. The molecule has 0 atom stereocenters. The lowest BCUT2D eigenvalue weighted by atomic mass is 10.2. The Bertz CT molecular complexity index is 547. The van der Waals surface area contributed by atoms with Gasteiger partial charge >= 0.3 is 0 Å². The minimum atomic E-state index is -0.0643. The van der Waals surface area contributed by atoms with Crippen molar-refractivity contribution < 1.29 is 9.53 Å². The fraction of sp³-hybridized carbons (Fsp3) is 0.375. The SMILES string of the molecule is CC(C)Oc1ccc(C(=O)NCCCc2ncc[nH]2)cc1. The van der Waals surface area contributed by atoms with Gasteiger partial charge in [0, 0.05) is 30.9 Å². The fourth-order valence-electron chi connectivity index (χ4n) is 1.95. The van der Waals surface area contributed by atoms with Crippen LogP contribution in [0.25, 0.3) is 0 Å². The highest BCUT2D eigenvalue weighted by atomic mass is 16.5. The molecule has 1 heterocycles. The molecule has 2 rings (SSSR count). The van der Waals surface area contributed by atoms with Gasteiger partial charge in [-0.3, -0.25) is 4.79 Å². The molecule has 0 saturated carbocycles. The maximum Gasteiger partial charge on any atom is 0.251 e. The van der Waals surface area contributed by atoms with Crippen LogP contribution in [0.15, 0.2) is 36.7 Å². The van der Waals surface area contributed by atoms with Gasteiger partial charge in [0.25, 0.3) is 5.91 Å². The average Bonchev–Trinajstić information content (AvgIpc) is 2.97. The quantitative estimate of drug-likeness (QED) is 0.769. The van der Waals surface area contributed by atoms with Crippen molar-refractivity contribution in [1.82, 2.24) is 15.3 Å². The number of rotatable bonds is 7. The van der Waals surface area contributed by atoms with Gasteiger partial charge in [-0.1, -0.05) is 0 Å². The van der Waals surface area contributed by atoms with Crippen molar-refractivity contribution in [1.29, 1.82) is 0 Å². The number of carbonyl (C=O) groups is 1. The number of aromatic nitrogens is 2. The van der Waals surface area contributed by atoms with Crippen molar-refractivity contribution in [3.05, 3.63) is 48.0 Å². The van der Waals surface area contributed by atoms with Gasteiger partial charge < -0.3 is 15.0 Å². The van der Waals surface area contributed by atoms with Crippen LogP contribution in [-0.2, 0) is 6.42 Å². The van der Waals surface area contributed by atoms with Gasteiger partial charge in [-0.15, -0.1) is 0 Å². The number of nitrogens with one attached hydrogen (secondary N) is 2. The predicted octanol–water partition coefficient (Wildman–Crippen LogP) is 2.56. The second-order valence-electron chi connectivity index (χ2n) is 5.09. The molecule has 0 spiro atoms. The Kier molecular flexibility index (Phi) is 5.37. The minimum Gasteiger partial charge on any atom is -0.491 e. The molecule has 0 bridgehead atoms. The molecule has 0 aliphatic heterocycles. The second-order valence-corrected chi connectivity index (χ2v) is 5.09. The van der Waals surface area contributed by atoms with Crippen molar-refractivity contribution in [2.75, 3.05) is 6.54 Å². The highest BCUT2D eigenvalue weighted by Gasteiger charge is 2.05. The van der Waals surface area contributed by atoms with E-state index in [9.17, 15) is 4.79 Å². The second kappa shape index (κ2) is 7.47. The molecule has 0 unspecified atom stereocenters. The molecule has 0 fully saturated rings. The Balaban J connectivity index is 1.75. The molecule has 112 valence electrons. The number of aromatic amines is 1. The Labute approximate surface area is 124 Å². The number of benzene rings is 1. The van der Waals surface area contributed by atoms with Crippen LogP contribution >= 0.6 is 0 Å². The molecular formula is C16H21N3O2. The highest BCUT2D eigenvalue weighted by Crippen LogP contribution is 2.13. The number of ether oxygens (including phenoxy) is 1. The number of aryl methyl sites for hydroxylation is 1. The van der Waals surface area contributed by atoms with Gasteiger partial charge in [0.2, 0.25) is 0 Å². The van der Waals surface area contributed by atoms with E-state index in [0.29, 0.717) is 12.1 Å². The zero-order chi connectivity index (χ0) is 15.1. The average molecular weight is 287 g/mol. The molecular weight excluding hydrogens is 266 g/mol. The number of nitrogens with zero attached hydrogens (tertiary/aromatic N) is 1. The summed E-state index contributed by atoms with van der Waals surface area (Å²) in [6.45, 7) is 4.57. The van der Waals surface area contributed by atoms with E-state index in [4.69, 9.17) is 4.74 Å². The maximum atomic E-state index is 12.0. The van der Waals surface area contributed by atoms with Gasteiger partial charge in [-0.05, 0) is 44.5 Å². The van der Waals surface area contributed by atoms with Crippen molar-refractivity contribution in [3.63, 3.8) is 0 Å². The molecule has 0 radical (unpaired) electrons. The summed E-state index contributed by atoms with van der Waals surface area (Å²) in [6.07, 6.45) is 5.34. The molecule has 0 aliphatic rings. The van der Waals surface area contributed by atoms with Crippen molar-refractivity contribution >= 4 is 5.91 Å². The molecule has 1 amide bonds. The van der Waals surface area contributed by atoms with Crippen molar-refractivity contribution in [2.24, 2.45) is 0 Å². The molecule has 0 saturated heterocycles. The molecule has 0 aliphatic carbocycles. The summed E-state index contributed by atoms with van der Waals surface area (Å²) in [6, 6.07) is 7.19. The van der Waals surface area contributed by atoms with Gasteiger partial charge in [-0.25, -0.2) is 4.98 Å². The number of carbonyl (C=O) groups excluding carboxylic acids is 1. The first-order chi connectivity index (χ1) is 10.1. The molecule has 2 aromatic rings. The summed E-state index contributed by atoms with van der Waals surface area (Å²) >= 11 is 0. The van der Waals surface area contributed by atoms with Gasteiger partial charge in [-0.2, -0.15) is 0 Å². The molecule has 2 N–H and O–H groups in total. The van der Waals surface area contributed by atoms with Crippen molar-refractivity contribution in [3.8, 4) is 5.75 Å². The van der Waals surface area contributed by atoms with E-state index in [2.05, 4.69) is 15.3 Å². The monoisotopic (exact) mass is 287 g/mol. The van der Waals surface area contributed by atoms with E-state index < -0.39 is 0 Å². The number of amides is 1. The Morgan fingerprint density at radius 1 is 1.33 bits per heavy atom. The van der Waals surface area contributed by atoms with E-state index in [1.54, 1.807) is 24.5 Å². The highest BCUT2D eigenvalue weighted by molar-refractivity contribution is 5.94. The van der Waals surface area contributed by atoms with Gasteiger partial charge in [0.1, 0.15) is 11.6 Å². The summed E-state index contributed by atoms with van der Waals surface area (Å²) in [5.41, 5.74) is 0.643. The lowest BCUT2D eigenvalue weighted by molar-refractivity contribution is 0.0953. The van der Waals surface area contributed by atoms with Gasteiger partial charge in [0.05, 0.1) is 6.10 Å². The normalized spacial score (nSPS) is 10.6. The van der Waals surface area contributed by atoms with Crippen LogP contribution < -0.4 is 10.1 Å². The summed E-state index contributed by atoms with van der Waals surface area (Å²) in [7, 11) is 0. The van der Waals surface area contributed by atoms with E-state index >= 15 is 0 Å². The van der Waals surface area contributed by atoms with Crippen LogP contribution in [0.5, 0.6) is 5.75 Å². The molecule has 5 heteroatoms. The molecule has 21 heavy (non-hydrogen) atoms. The minimum absolute atomic E-state index is 0.0643. The smallest absolute Gasteiger partial charge is 0.251 e. The van der Waals surface area contributed by atoms with E-state index in [0.717, 1.165) is 24.4 Å². The van der Waals surface area contributed by atoms with E-state index in [1.165, 1.54) is 0 Å². The lowest BCUT2D eigenvalue weighted by Crippen LogP contribution is -2.24. The summed E-state index contributed by atoms with van der Waals surface area (Å²) < 4.78 is 5.55. The maximum absolute atomic E-state index is 12.0. The third-order valence-corrected chi connectivity index (χ3v) is 2.92. The molecule has 1 aromatic heterocycles. The van der Waals surface area contributed by atoms with Crippen LogP contribution in [0.4, 0.5) is 0 Å². The van der Waals surface area contributed by atoms with Crippen LogP contribution in [0.3, 0.4) is 0 Å². The van der Waals surface area contributed by atoms with Gasteiger partial charge in [0.15, 0.2) is 0 Å². The van der Waals surface area contributed by atoms with E-state index in [1.807, 2.05) is 26.0 Å². The number of H-pyrrole nitrogens is 1. The number of hydrogen-bond acceptors (Lipinski definition) is 3. The van der Waals surface area contributed by atoms with Crippen molar-refractivity contribution in [2.45, 2.75) is 32.8 Å². The summed E-state index contributed by atoms with van der Waals surface area (Å²) in [5.74, 6) is 1.66.